The maximum Gasteiger partial charge on any atom is 0.415 e. The van der Waals surface area contributed by atoms with Crippen molar-refractivity contribution in [3.8, 4) is 11.4 Å². The Balaban J connectivity index is 2.33. The highest BCUT2D eigenvalue weighted by atomic mass is 19.4. The van der Waals surface area contributed by atoms with Crippen LogP contribution in [0.5, 0.6) is 0 Å². The summed E-state index contributed by atoms with van der Waals surface area (Å²) >= 11 is 0. The van der Waals surface area contributed by atoms with E-state index in [1.807, 2.05) is 19.1 Å². The van der Waals surface area contributed by atoms with Crippen LogP contribution in [0.25, 0.3) is 11.4 Å². The molecule has 0 saturated carbocycles. The molecular formula is C13H14F3N3O. The van der Waals surface area contributed by atoms with Crippen molar-refractivity contribution < 1.29 is 17.7 Å². The van der Waals surface area contributed by atoms with Crippen LogP contribution < -0.4 is 5.73 Å². The molecular weight excluding hydrogens is 271 g/mol. The predicted octanol–water partition coefficient (Wildman–Crippen LogP) is 3.04. The van der Waals surface area contributed by atoms with Gasteiger partial charge in [-0.25, -0.2) is 0 Å². The third kappa shape index (κ3) is 2.53. The molecule has 20 heavy (non-hydrogen) atoms. The maximum atomic E-state index is 12.8. The molecule has 0 aliphatic heterocycles. The number of alkyl halides is 3. The fourth-order valence-electron chi connectivity index (χ4n) is 1.56. The number of rotatable bonds is 3. The Labute approximate surface area is 113 Å². The molecule has 0 amide bonds. The summed E-state index contributed by atoms with van der Waals surface area (Å²) in [4.78, 5) is 3.75. The minimum Gasteiger partial charge on any atom is -0.337 e. The Morgan fingerprint density at radius 3 is 2.30 bits per heavy atom. The van der Waals surface area contributed by atoms with Crippen LogP contribution in [0.2, 0.25) is 0 Å². The summed E-state index contributed by atoms with van der Waals surface area (Å²) < 4.78 is 43.0. The maximum absolute atomic E-state index is 12.8. The highest BCUT2D eigenvalue weighted by Gasteiger charge is 2.53. The van der Waals surface area contributed by atoms with Gasteiger partial charge in [0.1, 0.15) is 0 Å². The normalized spacial score (nSPS) is 15.1. The predicted molar refractivity (Wildman–Crippen MR) is 66.7 cm³/mol. The van der Waals surface area contributed by atoms with Crippen molar-refractivity contribution in [2.24, 2.45) is 5.73 Å². The van der Waals surface area contributed by atoms with Crippen LogP contribution in [0.1, 0.15) is 25.3 Å². The van der Waals surface area contributed by atoms with Crippen LogP contribution in [-0.2, 0) is 12.0 Å². The van der Waals surface area contributed by atoms with E-state index in [1.165, 1.54) is 0 Å². The first-order valence-corrected chi connectivity index (χ1v) is 6.05. The lowest BCUT2D eigenvalue weighted by atomic mass is 10.0. The van der Waals surface area contributed by atoms with Gasteiger partial charge in [-0.15, -0.1) is 0 Å². The van der Waals surface area contributed by atoms with Gasteiger partial charge in [0.05, 0.1) is 0 Å². The second-order valence-corrected chi connectivity index (χ2v) is 4.67. The second-order valence-electron chi connectivity index (χ2n) is 4.67. The summed E-state index contributed by atoms with van der Waals surface area (Å²) in [6.45, 7) is 2.80. The molecule has 2 aromatic rings. The van der Waals surface area contributed by atoms with Crippen LogP contribution in [0.15, 0.2) is 28.8 Å². The van der Waals surface area contributed by atoms with Gasteiger partial charge in [0.25, 0.3) is 5.89 Å². The topological polar surface area (TPSA) is 64.9 Å². The monoisotopic (exact) mass is 285 g/mol. The van der Waals surface area contributed by atoms with Crippen molar-refractivity contribution in [2.45, 2.75) is 32.0 Å². The van der Waals surface area contributed by atoms with E-state index in [9.17, 15) is 13.2 Å². The fourth-order valence-corrected chi connectivity index (χ4v) is 1.56. The van der Waals surface area contributed by atoms with Crippen LogP contribution in [0, 0.1) is 0 Å². The Kier molecular flexibility index (Phi) is 3.56. The van der Waals surface area contributed by atoms with Crippen molar-refractivity contribution in [2.75, 3.05) is 0 Å². The SMILES string of the molecule is CCc1ccc(-c2noc(C(C)(N)C(F)(F)F)n2)cc1. The Morgan fingerprint density at radius 2 is 1.80 bits per heavy atom. The van der Waals surface area contributed by atoms with Gasteiger partial charge in [-0.05, 0) is 18.9 Å². The first-order chi connectivity index (χ1) is 9.25. The van der Waals surface area contributed by atoms with Gasteiger partial charge in [-0.1, -0.05) is 36.3 Å². The third-order valence-corrected chi connectivity index (χ3v) is 3.08. The van der Waals surface area contributed by atoms with Crippen molar-refractivity contribution in [1.29, 1.82) is 0 Å². The molecule has 0 bridgehead atoms. The minimum atomic E-state index is -4.66. The van der Waals surface area contributed by atoms with E-state index in [1.54, 1.807) is 12.1 Å². The van der Waals surface area contributed by atoms with E-state index in [2.05, 4.69) is 14.7 Å². The average Bonchev–Trinajstić information content (AvgIpc) is 2.87. The molecule has 0 aliphatic rings. The second kappa shape index (κ2) is 4.90. The molecule has 1 heterocycles. The van der Waals surface area contributed by atoms with Gasteiger partial charge in [-0.3, -0.25) is 0 Å². The van der Waals surface area contributed by atoms with Crippen LogP contribution in [-0.4, -0.2) is 16.3 Å². The highest BCUT2D eigenvalue weighted by Crippen LogP contribution is 2.36. The number of nitrogens with two attached hydrogens (primary N) is 1. The number of aryl methyl sites for hydroxylation is 1. The van der Waals surface area contributed by atoms with Crippen molar-refractivity contribution in [3.63, 3.8) is 0 Å². The van der Waals surface area contributed by atoms with E-state index in [0.717, 1.165) is 18.9 Å². The number of benzene rings is 1. The number of nitrogens with zero attached hydrogens (tertiary/aromatic N) is 2. The Hall–Kier alpha value is -1.89. The molecule has 1 atom stereocenters. The summed E-state index contributed by atoms with van der Waals surface area (Å²) in [6, 6.07) is 7.18. The number of halogens is 3. The summed E-state index contributed by atoms with van der Waals surface area (Å²) in [5.74, 6) is -0.567. The summed E-state index contributed by atoms with van der Waals surface area (Å²) in [5.41, 5.74) is 4.25. The summed E-state index contributed by atoms with van der Waals surface area (Å²) in [5, 5.41) is 3.56. The number of aromatic nitrogens is 2. The standard InChI is InChI=1S/C13H14F3N3O/c1-3-8-4-6-9(7-5-8)10-18-11(20-19-10)12(2,17)13(14,15)16/h4-7H,3,17H2,1-2H3. The van der Waals surface area contributed by atoms with Crippen molar-refractivity contribution in [1.82, 2.24) is 10.1 Å². The summed E-state index contributed by atoms with van der Waals surface area (Å²) in [6.07, 6.45) is -3.80. The number of hydrogen-bond acceptors (Lipinski definition) is 4. The third-order valence-electron chi connectivity index (χ3n) is 3.08. The fraction of sp³-hybridized carbons (Fsp3) is 0.385. The molecule has 2 N–H and O–H groups in total. The van der Waals surface area contributed by atoms with E-state index in [0.29, 0.717) is 5.56 Å². The first kappa shape index (κ1) is 14.5. The smallest absolute Gasteiger partial charge is 0.337 e. The quantitative estimate of drug-likeness (QED) is 0.941. The lowest BCUT2D eigenvalue weighted by molar-refractivity contribution is -0.190. The van der Waals surface area contributed by atoms with Crippen molar-refractivity contribution >= 4 is 0 Å². The van der Waals surface area contributed by atoms with E-state index < -0.39 is 17.6 Å². The summed E-state index contributed by atoms with van der Waals surface area (Å²) in [7, 11) is 0. The van der Waals surface area contributed by atoms with Crippen molar-refractivity contribution in [3.05, 3.63) is 35.7 Å². The molecule has 0 aliphatic carbocycles. The minimum absolute atomic E-state index is 0.0866. The van der Waals surface area contributed by atoms with E-state index in [-0.39, 0.29) is 5.82 Å². The molecule has 1 unspecified atom stereocenters. The van der Waals surface area contributed by atoms with Gasteiger partial charge >= 0.3 is 6.18 Å². The molecule has 7 heteroatoms. The molecule has 108 valence electrons. The lowest BCUT2D eigenvalue weighted by Crippen LogP contribution is -2.47. The Morgan fingerprint density at radius 1 is 1.20 bits per heavy atom. The largest absolute Gasteiger partial charge is 0.415 e. The van der Waals surface area contributed by atoms with E-state index >= 15 is 0 Å². The lowest BCUT2D eigenvalue weighted by Gasteiger charge is -2.22. The molecule has 2 rings (SSSR count). The van der Waals surface area contributed by atoms with Gasteiger partial charge in [-0.2, -0.15) is 18.2 Å². The zero-order valence-corrected chi connectivity index (χ0v) is 11.0. The van der Waals surface area contributed by atoms with E-state index in [4.69, 9.17) is 5.73 Å². The van der Waals surface area contributed by atoms with Crippen LogP contribution in [0.3, 0.4) is 0 Å². The van der Waals surface area contributed by atoms with Gasteiger partial charge < -0.3 is 10.3 Å². The van der Waals surface area contributed by atoms with Gasteiger partial charge in [0.2, 0.25) is 5.82 Å². The Bertz CT molecular complexity index is 588. The average molecular weight is 285 g/mol. The molecule has 0 saturated heterocycles. The molecule has 0 radical (unpaired) electrons. The molecule has 1 aromatic carbocycles. The zero-order valence-electron chi connectivity index (χ0n) is 11.0. The highest BCUT2D eigenvalue weighted by molar-refractivity contribution is 5.54. The van der Waals surface area contributed by atoms with Gasteiger partial charge in [0, 0.05) is 5.56 Å². The molecule has 1 aromatic heterocycles. The van der Waals surface area contributed by atoms with Crippen LogP contribution >= 0.6 is 0 Å². The first-order valence-electron chi connectivity index (χ1n) is 6.05. The molecule has 0 fully saturated rings. The zero-order chi connectivity index (χ0) is 15.0. The molecule has 0 spiro atoms. The van der Waals surface area contributed by atoms with Crippen LogP contribution in [0.4, 0.5) is 13.2 Å². The number of hydrogen-bond donors (Lipinski definition) is 1. The van der Waals surface area contributed by atoms with Gasteiger partial charge in [0.15, 0.2) is 5.54 Å². The molecule has 4 nitrogen and oxygen atoms in total.